The van der Waals surface area contributed by atoms with Gasteiger partial charge in [0.05, 0.1) is 5.71 Å². The van der Waals surface area contributed by atoms with Gasteiger partial charge in [-0.05, 0) is 36.8 Å². The zero-order valence-electron chi connectivity index (χ0n) is 11.8. The van der Waals surface area contributed by atoms with Gasteiger partial charge in [-0.25, -0.2) is 5.01 Å². The molecule has 0 saturated heterocycles. The van der Waals surface area contributed by atoms with Crippen molar-refractivity contribution in [3.8, 4) is 0 Å². The summed E-state index contributed by atoms with van der Waals surface area (Å²) >= 11 is 3.42. The summed E-state index contributed by atoms with van der Waals surface area (Å²) in [5.41, 5.74) is 1.92. The Labute approximate surface area is 131 Å². The third-order valence-corrected chi connectivity index (χ3v) is 4.03. The minimum atomic E-state index is -0.158. The highest BCUT2D eigenvalue weighted by Crippen LogP contribution is 2.33. The number of hydrogen-bond donors (Lipinski definition) is 0. The van der Waals surface area contributed by atoms with Gasteiger partial charge in [-0.1, -0.05) is 28.1 Å². The number of hydrazone groups is 1. The fraction of sp³-hybridized carbons (Fsp3) is 0.250. The lowest BCUT2D eigenvalue weighted by Crippen LogP contribution is -2.23. The van der Waals surface area contributed by atoms with Crippen molar-refractivity contribution in [1.29, 1.82) is 0 Å². The summed E-state index contributed by atoms with van der Waals surface area (Å²) < 4.78 is 6.70. The van der Waals surface area contributed by atoms with Gasteiger partial charge in [0.25, 0.3) is 0 Å². The molecule has 1 atom stereocenters. The highest BCUT2D eigenvalue weighted by atomic mass is 79.9. The first-order valence-corrected chi connectivity index (χ1v) is 7.53. The standard InChI is InChI=1S/C16H15BrN2O2/c1-10-3-8-16(21-10)15-9-14(18-19(15)11(2)20)12-4-6-13(17)7-5-12/h3-8,15H,9H2,1-2H3. The molecule has 1 unspecified atom stereocenters. The normalized spacial score (nSPS) is 18.0. The van der Waals surface area contributed by atoms with Crippen LogP contribution in [-0.4, -0.2) is 16.6 Å². The molecule has 2 heterocycles. The van der Waals surface area contributed by atoms with Crippen LogP contribution in [0.4, 0.5) is 0 Å². The Morgan fingerprint density at radius 2 is 2.00 bits per heavy atom. The van der Waals surface area contributed by atoms with Gasteiger partial charge < -0.3 is 4.42 Å². The number of amides is 1. The molecule has 1 aliphatic rings. The molecule has 0 spiro atoms. The Kier molecular flexibility index (Phi) is 3.68. The lowest BCUT2D eigenvalue weighted by Gasteiger charge is -2.17. The molecule has 0 aliphatic carbocycles. The summed E-state index contributed by atoms with van der Waals surface area (Å²) in [5, 5.41) is 5.99. The molecular formula is C16H15BrN2O2. The maximum Gasteiger partial charge on any atom is 0.240 e. The predicted octanol–water partition coefficient (Wildman–Crippen LogP) is 4.05. The molecular weight excluding hydrogens is 332 g/mol. The molecule has 4 nitrogen and oxygen atoms in total. The number of hydrogen-bond acceptors (Lipinski definition) is 3. The van der Waals surface area contributed by atoms with Crippen LogP contribution in [-0.2, 0) is 4.79 Å². The molecule has 0 radical (unpaired) electrons. The number of furan rings is 1. The molecule has 108 valence electrons. The van der Waals surface area contributed by atoms with Gasteiger partial charge in [0, 0.05) is 17.8 Å². The van der Waals surface area contributed by atoms with Crippen molar-refractivity contribution in [2.45, 2.75) is 26.3 Å². The van der Waals surface area contributed by atoms with Crippen LogP contribution in [0.5, 0.6) is 0 Å². The van der Waals surface area contributed by atoms with E-state index >= 15 is 0 Å². The quantitative estimate of drug-likeness (QED) is 0.823. The Morgan fingerprint density at radius 3 is 2.57 bits per heavy atom. The van der Waals surface area contributed by atoms with Gasteiger partial charge in [0.1, 0.15) is 17.6 Å². The molecule has 0 fully saturated rings. The third kappa shape index (κ3) is 2.78. The first-order chi connectivity index (χ1) is 10.0. The average molecular weight is 347 g/mol. The number of nitrogens with zero attached hydrogens (tertiary/aromatic N) is 2. The van der Waals surface area contributed by atoms with Gasteiger partial charge in [0.15, 0.2) is 0 Å². The van der Waals surface area contributed by atoms with Crippen molar-refractivity contribution in [3.63, 3.8) is 0 Å². The van der Waals surface area contributed by atoms with Crippen molar-refractivity contribution in [3.05, 3.63) is 58.0 Å². The molecule has 0 N–H and O–H groups in total. The SMILES string of the molecule is CC(=O)N1N=C(c2ccc(Br)cc2)CC1c1ccc(C)o1. The fourth-order valence-electron chi connectivity index (χ4n) is 2.47. The van der Waals surface area contributed by atoms with Crippen LogP contribution in [0, 0.1) is 6.92 Å². The predicted molar refractivity (Wildman–Crippen MR) is 84.0 cm³/mol. The van der Waals surface area contributed by atoms with E-state index in [9.17, 15) is 4.79 Å². The maximum atomic E-state index is 11.8. The maximum absolute atomic E-state index is 11.8. The summed E-state index contributed by atoms with van der Waals surface area (Å²) in [7, 11) is 0. The van der Waals surface area contributed by atoms with Gasteiger partial charge in [-0.15, -0.1) is 0 Å². The fourth-order valence-corrected chi connectivity index (χ4v) is 2.74. The van der Waals surface area contributed by atoms with E-state index in [1.54, 1.807) is 0 Å². The Balaban J connectivity index is 1.92. The largest absolute Gasteiger partial charge is 0.464 e. The number of benzene rings is 1. The first kappa shape index (κ1) is 14.1. The number of aryl methyl sites for hydroxylation is 1. The first-order valence-electron chi connectivity index (χ1n) is 6.74. The second-order valence-electron chi connectivity index (χ2n) is 5.09. The minimum Gasteiger partial charge on any atom is -0.464 e. The van der Waals surface area contributed by atoms with Gasteiger partial charge in [-0.3, -0.25) is 4.79 Å². The molecule has 0 saturated carbocycles. The number of carbonyl (C=O) groups is 1. The van der Waals surface area contributed by atoms with Crippen LogP contribution in [0.1, 0.15) is 36.5 Å². The van der Waals surface area contributed by atoms with Crippen molar-refractivity contribution in [2.24, 2.45) is 5.10 Å². The smallest absolute Gasteiger partial charge is 0.240 e. The summed E-state index contributed by atoms with van der Waals surface area (Å²) in [6.07, 6.45) is 0.661. The molecule has 1 aromatic carbocycles. The number of rotatable bonds is 2. The Morgan fingerprint density at radius 1 is 1.29 bits per heavy atom. The second kappa shape index (κ2) is 5.48. The van der Waals surface area contributed by atoms with Crippen LogP contribution in [0.25, 0.3) is 0 Å². The molecule has 1 amide bonds. The van der Waals surface area contributed by atoms with Gasteiger partial charge in [-0.2, -0.15) is 5.10 Å². The zero-order valence-corrected chi connectivity index (χ0v) is 13.4. The van der Waals surface area contributed by atoms with Crippen molar-refractivity contribution < 1.29 is 9.21 Å². The summed E-state index contributed by atoms with van der Waals surface area (Å²) in [4.78, 5) is 11.8. The van der Waals surface area contributed by atoms with Crippen molar-refractivity contribution in [2.75, 3.05) is 0 Å². The third-order valence-electron chi connectivity index (χ3n) is 3.50. The second-order valence-corrected chi connectivity index (χ2v) is 6.00. The number of carbonyl (C=O) groups excluding carboxylic acids is 1. The van der Waals surface area contributed by atoms with Crippen LogP contribution in [0.2, 0.25) is 0 Å². The van der Waals surface area contributed by atoms with E-state index in [4.69, 9.17) is 4.42 Å². The summed E-state index contributed by atoms with van der Waals surface area (Å²) in [6.45, 7) is 3.42. The summed E-state index contributed by atoms with van der Waals surface area (Å²) in [6, 6.07) is 11.6. The van der Waals surface area contributed by atoms with Gasteiger partial charge >= 0.3 is 0 Å². The van der Waals surface area contributed by atoms with Crippen LogP contribution in [0.15, 0.2) is 50.4 Å². The zero-order chi connectivity index (χ0) is 15.0. The van der Waals surface area contributed by atoms with E-state index < -0.39 is 0 Å². The minimum absolute atomic E-state index is 0.0823. The molecule has 2 aromatic rings. The van der Waals surface area contributed by atoms with E-state index in [0.29, 0.717) is 6.42 Å². The van der Waals surface area contributed by atoms with E-state index in [2.05, 4.69) is 21.0 Å². The van der Waals surface area contributed by atoms with E-state index in [0.717, 1.165) is 27.3 Å². The average Bonchev–Trinajstić information content (AvgIpc) is 3.05. The molecule has 3 rings (SSSR count). The monoisotopic (exact) mass is 346 g/mol. The van der Waals surface area contributed by atoms with Crippen LogP contribution >= 0.6 is 15.9 Å². The number of halogens is 1. The van der Waals surface area contributed by atoms with Crippen LogP contribution < -0.4 is 0 Å². The highest BCUT2D eigenvalue weighted by Gasteiger charge is 2.33. The Hall–Kier alpha value is -1.88. The lowest BCUT2D eigenvalue weighted by atomic mass is 10.0. The van der Waals surface area contributed by atoms with Gasteiger partial charge in [0.2, 0.25) is 5.91 Å². The topological polar surface area (TPSA) is 45.8 Å². The summed E-state index contributed by atoms with van der Waals surface area (Å²) in [5.74, 6) is 1.53. The highest BCUT2D eigenvalue weighted by molar-refractivity contribution is 9.10. The molecule has 21 heavy (non-hydrogen) atoms. The van der Waals surface area contributed by atoms with Crippen molar-refractivity contribution in [1.82, 2.24) is 5.01 Å². The lowest BCUT2D eigenvalue weighted by molar-refractivity contribution is -0.130. The Bertz CT molecular complexity index is 703. The molecule has 1 aromatic heterocycles. The molecule has 5 heteroatoms. The van der Waals surface area contributed by atoms with Crippen LogP contribution in [0.3, 0.4) is 0 Å². The van der Waals surface area contributed by atoms with E-state index in [1.165, 1.54) is 11.9 Å². The van der Waals surface area contributed by atoms with Crippen molar-refractivity contribution >= 4 is 27.5 Å². The van der Waals surface area contributed by atoms with E-state index in [1.807, 2.05) is 43.3 Å². The molecule has 0 bridgehead atoms. The molecule has 1 aliphatic heterocycles. The van der Waals surface area contributed by atoms with E-state index in [-0.39, 0.29) is 11.9 Å².